The first-order valence-electron chi connectivity index (χ1n) is 13.2. The number of nitrogens with zero attached hydrogens (tertiary/aromatic N) is 1. The maximum Gasteiger partial charge on any atom is 0.135 e. The van der Waals surface area contributed by atoms with Crippen LogP contribution < -0.4 is 0 Å². The summed E-state index contributed by atoms with van der Waals surface area (Å²) in [5.41, 5.74) is 9.11. The number of para-hydroxylation sites is 1. The molecule has 0 fully saturated rings. The molecule has 186 valence electrons. The first kappa shape index (κ1) is 22.8. The SMILES string of the molecule is N#Cc1cccc(-c2cc(-c3ccc4oc5ccccc5c4c3)cc(-c3ccc4sc5ccccc5c4c3)c2)c1. The highest BCUT2D eigenvalue weighted by molar-refractivity contribution is 7.25. The van der Waals surface area contributed by atoms with Crippen LogP contribution in [0.15, 0.2) is 132 Å². The Morgan fingerprint density at radius 2 is 1.07 bits per heavy atom. The van der Waals surface area contributed by atoms with E-state index in [4.69, 9.17) is 4.42 Å². The second-order valence-electron chi connectivity index (χ2n) is 10.1. The molecule has 3 heteroatoms. The molecule has 0 atom stereocenters. The molecule has 40 heavy (non-hydrogen) atoms. The van der Waals surface area contributed by atoms with E-state index in [9.17, 15) is 5.26 Å². The molecule has 2 nitrogen and oxygen atoms in total. The molecule has 8 aromatic rings. The van der Waals surface area contributed by atoms with Gasteiger partial charge in [0, 0.05) is 30.9 Å². The lowest BCUT2D eigenvalue weighted by molar-refractivity contribution is 0.669. The Balaban J connectivity index is 1.36. The van der Waals surface area contributed by atoms with Gasteiger partial charge in [0.05, 0.1) is 11.6 Å². The van der Waals surface area contributed by atoms with Crippen molar-refractivity contribution in [2.75, 3.05) is 0 Å². The summed E-state index contributed by atoms with van der Waals surface area (Å²) in [7, 11) is 0. The molecular formula is C37H21NOS. The Kier molecular flexibility index (Phi) is 5.10. The lowest BCUT2D eigenvalue weighted by Crippen LogP contribution is -1.87. The van der Waals surface area contributed by atoms with E-state index in [1.807, 2.05) is 41.7 Å². The Morgan fingerprint density at radius 3 is 1.88 bits per heavy atom. The number of furan rings is 1. The number of thiophene rings is 1. The average molecular weight is 528 g/mol. The number of hydrogen-bond acceptors (Lipinski definition) is 3. The van der Waals surface area contributed by atoms with Crippen molar-refractivity contribution >= 4 is 53.4 Å². The monoisotopic (exact) mass is 527 g/mol. The van der Waals surface area contributed by atoms with Crippen molar-refractivity contribution in [1.82, 2.24) is 0 Å². The molecule has 0 amide bonds. The summed E-state index contributed by atoms with van der Waals surface area (Å²) in [4.78, 5) is 0. The van der Waals surface area contributed by atoms with Gasteiger partial charge < -0.3 is 4.42 Å². The number of nitriles is 1. The van der Waals surface area contributed by atoms with Crippen LogP contribution >= 0.6 is 11.3 Å². The maximum atomic E-state index is 9.55. The van der Waals surface area contributed by atoms with Crippen molar-refractivity contribution in [3.05, 3.63) is 133 Å². The Hall–Kier alpha value is -5.17. The molecule has 0 aliphatic rings. The molecule has 0 N–H and O–H groups in total. The summed E-state index contributed by atoms with van der Waals surface area (Å²) in [5, 5.41) is 14.3. The number of rotatable bonds is 3. The summed E-state index contributed by atoms with van der Waals surface area (Å²) < 4.78 is 8.69. The highest BCUT2D eigenvalue weighted by Crippen LogP contribution is 2.39. The molecule has 2 heterocycles. The molecule has 8 rings (SSSR count). The zero-order valence-electron chi connectivity index (χ0n) is 21.4. The molecule has 2 aromatic heterocycles. The number of hydrogen-bond donors (Lipinski definition) is 0. The molecule has 0 aliphatic carbocycles. The van der Waals surface area contributed by atoms with E-state index in [0.29, 0.717) is 5.56 Å². The predicted octanol–water partition coefficient (Wildman–Crippen LogP) is 10.8. The van der Waals surface area contributed by atoms with E-state index in [0.717, 1.165) is 49.8 Å². The van der Waals surface area contributed by atoms with Crippen LogP contribution in [0.5, 0.6) is 0 Å². The van der Waals surface area contributed by atoms with E-state index in [1.54, 1.807) is 0 Å². The van der Waals surface area contributed by atoms with Gasteiger partial charge in [0.1, 0.15) is 11.2 Å². The van der Waals surface area contributed by atoms with Crippen molar-refractivity contribution in [1.29, 1.82) is 5.26 Å². The summed E-state index contributed by atoms with van der Waals surface area (Å²) in [6.07, 6.45) is 0. The summed E-state index contributed by atoms with van der Waals surface area (Å²) in [5.74, 6) is 0. The largest absolute Gasteiger partial charge is 0.456 e. The predicted molar refractivity (Wildman–Crippen MR) is 168 cm³/mol. The minimum Gasteiger partial charge on any atom is -0.456 e. The quantitative estimate of drug-likeness (QED) is 0.229. The van der Waals surface area contributed by atoms with Crippen LogP contribution in [0.25, 0.3) is 75.5 Å². The molecule has 0 unspecified atom stereocenters. The van der Waals surface area contributed by atoms with Crippen LogP contribution in [0.2, 0.25) is 0 Å². The van der Waals surface area contributed by atoms with Gasteiger partial charge in [-0.3, -0.25) is 0 Å². The molecule has 0 saturated heterocycles. The van der Waals surface area contributed by atoms with Gasteiger partial charge in [-0.2, -0.15) is 5.26 Å². The highest BCUT2D eigenvalue weighted by Gasteiger charge is 2.13. The van der Waals surface area contributed by atoms with Crippen LogP contribution in [0.4, 0.5) is 0 Å². The third kappa shape index (κ3) is 3.70. The van der Waals surface area contributed by atoms with Crippen LogP contribution in [0.1, 0.15) is 5.56 Å². The molecule has 6 aromatic carbocycles. The van der Waals surface area contributed by atoms with Crippen LogP contribution in [-0.4, -0.2) is 0 Å². The third-order valence-electron chi connectivity index (χ3n) is 7.68. The Bertz CT molecular complexity index is 2160. The first-order chi connectivity index (χ1) is 19.7. The summed E-state index contributed by atoms with van der Waals surface area (Å²) >= 11 is 1.83. The normalized spacial score (nSPS) is 11.5. The lowest BCUT2D eigenvalue weighted by Gasteiger charge is -2.12. The second-order valence-corrected chi connectivity index (χ2v) is 11.2. The molecule has 0 aliphatic heterocycles. The molecule has 0 bridgehead atoms. The fourth-order valence-corrected chi connectivity index (χ4v) is 6.79. The van der Waals surface area contributed by atoms with Gasteiger partial charge in [-0.1, -0.05) is 60.7 Å². The van der Waals surface area contributed by atoms with Crippen molar-refractivity contribution in [2.24, 2.45) is 0 Å². The minimum atomic E-state index is 0.655. The molecule has 0 radical (unpaired) electrons. The van der Waals surface area contributed by atoms with Gasteiger partial charge in [-0.05, 0) is 100 Å². The smallest absolute Gasteiger partial charge is 0.135 e. The van der Waals surface area contributed by atoms with Gasteiger partial charge in [0.15, 0.2) is 0 Å². The first-order valence-corrected chi connectivity index (χ1v) is 14.0. The van der Waals surface area contributed by atoms with Crippen LogP contribution in [0.3, 0.4) is 0 Å². The van der Waals surface area contributed by atoms with Crippen molar-refractivity contribution < 1.29 is 4.42 Å². The standard InChI is InChI=1S/C37H21NOS/c38-22-23-6-5-7-24(16-23)27-17-28(25-12-14-35-32(20-25)30-8-1-3-10-34(30)39-35)19-29(18-27)26-13-15-37-33(21-26)31-9-2-4-11-36(31)40-37/h1-21H. The summed E-state index contributed by atoms with van der Waals surface area (Å²) in [6, 6.07) is 46.9. The topological polar surface area (TPSA) is 36.9 Å². The second kappa shape index (κ2) is 8.95. The van der Waals surface area contributed by atoms with Crippen molar-refractivity contribution in [3.8, 4) is 39.4 Å². The van der Waals surface area contributed by atoms with E-state index < -0.39 is 0 Å². The fourth-order valence-electron chi connectivity index (χ4n) is 5.71. The zero-order chi connectivity index (χ0) is 26.6. The zero-order valence-corrected chi connectivity index (χ0v) is 22.2. The van der Waals surface area contributed by atoms with Gasteiger partial charge in [0.2, 0.25) is 0 Å². The average Bonchev–Trinajstić information content (AvgIpc) is 3.58. The fraction of sp³-hybridized carbons (Fsp3) is 0. The number of benzene rings is 6. The summed E-state index contributed by atoms with van der Waals surface area (Å²) in [6.45, 7) is 0. The van der Waals surface area contributed by atoms with E-state index in [2.05, 4.69) is 103 Å². The third-order valence-corrected chi connectivity index (χ3v) is 8.83. The van der Waals surface area contributed by atoms with E-state index in [-0.39, 0.29) is 0 Å². The Labute approximate surface area is 235 Å². The van der Waals surface area contributed by atoms with E-state index in [1.165, 1.54) is 25.7 Å². The minimum absolute atomic E-state index is 0.655. The van der Waals surface area contributed by atoms with Crippen molar-refractivity contribution in [3.63, 3.8) is 0 Å². The number of fused-ring (bicyclic) bond motifs is 6. The maximum absolute atomic E-state index is 9.55. The van der Waals surface area contributed by atoms with Gasteiger partial charge in [0.25, 0.3) is 0 Å². The van der Waals surface area contributed by atoms with Crippen LogP contribution in [-0.2, 0) is 0 Å². The highest BCUT2D eigenvalue weighted by atomic mass is 32.1. The van der Waals surface area contributed by atoms with Gasteiger partial charge in [-0.15, -0.1) is 11.3 Å². The Morgan fingerprint density at radius 1 is 0.450 bits per heavy atom. The molecular weight excluding hydrogens is 506 g/mol. The molecule has 0 saturated carbocycles. The lowest BCUT2D eigenvalue weighted by atomic mass is 9.92. The van der Waals surface area contributed by atoms with Crippen LogP contribution in [0, 0.1) is 11.3 Å². The van der Waals surface area contributed by atoms with Gasteiger partial charge in [-0.25, -0.2) is 0 Å². The van der Waals surface area contributed by atoms with E-state index >= 15 is 0 Å². The van der Waals surface area contributed by atoms with Crippen molar-refractivity contribution in [2.45, 2.75) is 0 Å². The molecule has 0 spiro atoms. The van der Waals surface area contributed by atoms with Gasteiger partial charge >= 0.3 is 0 Å².